The molecule has 0 unspecified atom stereocenters. The summed E-state index contributed by atoms with van der Waals surface area (Å²) in [6.07, 6.45) is 4.23. The lowest BCUT2D eigenvalue weighted by atomic mass is 9.74. The molecule has 0 amide bonds. The van der Waals surface area contributed by atoms with Gasteiger partial charge in [-0.2, -0.15) is 0 Å². The summed E-state index contributed by atoms with van der Waals surface area (Å²) in [7, 11) is 0. The Balaban J connectivity index is 2.54. The molecule has 3 atom stereocenters. The average Bonchev–Trinajstić information content (AvgIpc) is 2.01. The van der Waals surface area contributed by atoms with Gasteiger partial charge < -0.3 is 5.32 Å². The topological polar surface area (TPSA) is 12.0 Å². The van der Waals surface area contributed by atoms with E-state index in [0.717, 1.165) is 23.8 Å². The van der Waals surface area contributed by atoms with Crippen molar-refractivity contribution in [3.05, 3.63) is 0 Å². The van der Waals surface area contributed by atoms with E-state index in [9.17, 15) is 0 Å². The Labute approximate surface area is 89.7 Å². The lowest BCUT2D eigenvalue weighted by Gasteiger charge is -2.39. The molecule has 0 spiro atoms. The highest BCUT2D eigenvalue weighted by atomic mass is 14.9. The molecule has 0 heterocycles. The Kier molecular flexibility index (Phi) is 4.43. The van der Waals surface area contributed by atoms with Gasteiger partial charge in [-0.15, -0.1) is 0 Å². The van der Waals surface area contributed by atoms with E-state index in [1.807, 2.05) is 0 Å². The van der Waals surface area contributed by atoms with E-state index in [1.165, 1.54) is 19.3 Å². The third-order valence-electron chi connectivity index (χ3n) is 3.57. The first kappa shape index (κ1) is 12.0. The highest BCUT2D eigenvalue weighted by Gasteiger charge is 2.30. The van der Waals surface area contributed by atoms with Crippen LogP contribution in [0.3, 0.4) is 0 Å². The minimum Gasteiger partial charge on any atom is -0.311 e. The van der Waals surface area contributed by atoms with Gasteiger partial charge in [0.25, 0.3) is 0 Å². The number of rotatable bonds is 3. The molecule has 84 valence electrons. The summed E-state index contributed by atoms with van der Waals surface area (Å²) in [6, 6.07) is 1.39. The summed E-state index contributed by atoms with van der Waals surface area (Å²) in [5.41, 5.74) is 0. The van der Waals surface area contributed by atoms with E-state index in [1.54, 1.807) is 0 Å². The zero-order valence-electron chi connectivity index (χ0n) is 10.5. The molecule has 1 heteroatoms. The highest BCUT2D eigenvalue weighted by Crippen LogP contribution is 2.33. The monoisotopic (exact) mass is 197 g/mol. The number of nitrogens with one attached hydrogen (secondary N) is 1. The Morgan fingerprint density at radius 1 is 1.07 bits per heavy atom. The minimum absolute atomic E-state index is 0.631. The summed E-state index contributed by atoms with van der Waals surface area (Å²) in [5.74, 6) is 2.65. The van der Waals surface area contributed by atoms with Gasteiger partial charge in [-0.05, 0) is 30.6 Å². The molecule has 1 saturated carbocycles. The van der Waals surface area contributed by atoms with Crippen LogP contribution in [0.4, 0.5) is 0 Å². The van der Waals surface area contributed by atoms with Crippen LogP contribution in [0.15, 0.2) is 0 Å². The van der Waals surface area contributed by atoms with Crippen LogP contribution in [0.25, 0.3) is 0 Å². The SMILES string of the molecule is CC(C)N[C@@H]1C[C@@H](C)CC[C@@H]1C(C)C. The van der Waals surface area contributed by atoms with Gasteiger partial charge >= 0.3 is 0 Å². The van der Waals surface area contributed by atoms with Crippen molar-refractivity contribution < 1.29 is 0 Å². The van der Waals surface area contributed by atoms with Gasteiger partial charge in [0.1, 0.15) is 0 Å². The van der Waals surface area contributed by atoms with Gasteiger partial charge in [0, 0.05) is 12.1 Å². The summed E-state index contributed by atoms with van der Waals surface area (Å²) in [6.45, 7) is 11.7. The molecule has 1 nitrogen and oxygen atoms in total. The molecule has 1 fully saturated rings. The van der Waals surface area contributed by atoms with E-state index in [4.69, 9.17) is 0 Å². The first-order valence-electron chi connectivity index (χ1n) is 6.26. The normalized spacial score (nSPS) is 34.1. The first-order chi connectivity index (χ1) is 6.50. The molecule has 1 rings (SSSR count). The van der Waals surface area contributed by atoms with Crippen LogP contribution in [-0.2, 0) is 0 Å². The summed E-state index contributed by atoms with van der Waals surface area (Å²) in [5, 5.41) is 3.74. The molecule has 14 heavy (non-hydrogen) atoms. The Hall–Kier alpha value is -0.0400. The molecular formula is C13H27N. The average molecular weight is 197 g/mol. The molecule has 1 aliphatic rings. The van der Waals surface area contributed by atoms with Crippen LogP contribution in [-0.4, -0.2) is 12.1 Å². The van der Waals surface area contributed by atoms with E-state index in [0.29, 0.717) is 6.04 Å². The highest BCUT2D eigenvalue weighted by molar-refractivity contribution is 4.86. The predicted molar refractivity (Wildman–Crippen MR) is 63.4 cm³/mol. The van der Waals surface area contributed by atoms with E-state index in [2.05, 4.69) is 39.9 Å². The molecule has 1 aliphatic carbocycles. The summed E-state index contributed by atoms with van der Waals surface area (Å²) < 4.78 is 0. The van der Waals surface area contributed by atoms with Crippen LogP contribution >= 0.6 is 0 Å². The van der Waals surface area contributed by atoms with Crippen LogP contribution < -0.4 is 5.32 Å². The van der Waals surface area contributed by atoms with Gasteiger partial charge in [0.15, 0.2) is 0 Å². The lowest BCUT2D eigenvalue weighted by molar-refractivity contribution is 0.163. The van der Waals surface area contributed by atoms with E-state index in [-0.39, 0.29) is 0 Å². The fourth-order valence-corrected chi connectivity index (χ4v) is 2.82. The van der Waals surface area contributed by atoms with Gasteiger partial charge in [0.2, 0.25) is 0 Å². The van der Waals surface area contributed by atoms with Crippen molar-refractivity contribution in [1.82, 2.24) is 5.32 Å². The van der Waals surface area contributed by atoms with Gasteiger partial charge in [0.05, 0.1) is 0 Å². The smallest absolute Gasteiger partial charge is 0.0103 e. The van der Waals surface area contributed by atoms with Gasteiger partial charge in [-0.25, -0.2) is 0 Å². The third kappa shape index (κ3) is 3.27. The van der Waals surface area contributed by atoms with Crippen LogP contribution in [0, 0.1) is 17.8 Å². The molecule has 0 aromatic heterocycles. The van der Waals surface area contributed by atoms with Crippen LogP contribution in [0.2, 0.25) is 0 Å². The Bertz CT molecular complexity index is 161. The maximum atomic E-state index is 3.74. The number of hydrogen-bond acceptors (Lipinski definition) is 1. The van der Waals surface area contributed by atoms with Gasteiger partial charge in [-0.3, -0.25) is 0 Å². The number of hydrogen-bond donors (Lipinski definition) is 1. The molecule has 0 aromatic rings. The van der Waals surface area contributed by atoms with E-state index < -0.39 is 0 Å². The maximum absolute atomic E-state index is 3.74. The fourth-order valence-electron chi connectivity index (χ4n) is 2.82. The van der Waals surface area contributed by atoms with Crippen molar-refractivity contribution in [1.29, 1.82) is 0 Å². The predicted octanol–water partition coefficient (Wildman–Crippen LogP) is 3.45. The summed E-state index contributed by atoms with van der Waals surface area (Å²) >= 11 is 0. The maximum Gasteiger partial charge on any atom is 0.0103 e. The van der Waals surface area contributed by atoms with Crippen molar-refractivity contribution in [2.24, 2.45) is 17.8 Å². The van der Waals surface area contributed by atoms with Crippen LogP contribution in [0.5, 0.6) is 0 Å². The molecular weight excluding hydrogens is 170 g/mol. The van der Waals surface area contributed by atoms with E-state index >= 15 is 0 Å². The van der Waals surface area contributed by atoms with Crippen molar-refractivity contribution in [2.45, 2.75) is 66.0 Å². The summed E-state index contributed by atoms with van der Waals surface area (Å²) in [4.78, 5) is 0. The van der Waals surface area contributed by atoms with Crippen molar-refractivity contribution >= 4 is 0 Å². The molecule has 0 radical (unpaired) electrons. The van der Waals surface area contributed by atoms with Crippen molar-refractivity contribution in [3.63, 3.8) is 0 Å². The largest absolute Gasteiger partial charge is 0.311 e. The minimum atomic E-state index is 0.631. The van der Waals surface area contributed by atoms with Gasteiger partial charge in [-0.1, -0.05) is 41.0 Å². The Morgan fingerprint density at radius 3 is 2.21 bits per heavy atom. The first-order valence-corrected chi connectivity index (χ1v) is 6.26. The zero-order chi connectivity index (χ0) is 10.7. The molecule has 1 N–H and O–H groups in total. The second kappa shape index (κ2) is 5.16. The molecule has 0 saturated heterocycles. The second-order valence-corrected chi connectivity index (χ2v) is 5.75. The standard InChI is InChI=1S/C13H27N/c1-9(2)12-7-6-11(5)8-13(12)14-10(3)4/h9-14H,6-8H2,1-5H3/t11-,12+,13+/m0/s1. The van der Waals surface area contributed by atoms with Crippen LogP contribution in [0.1, 0.15) is 53.9 Å². The molecule has 0 bridgehead atoms. The lowest BCUT2D eigenvalue weighted by Crippen LogP contribution is -2.45. The molecule has 0 aromatic carbocycles. The second-order valence-electron chi connectivity index (χ2n) is 5.75. The quantitative estimate of drug-likeness (QED) is 0.731. The fraction of sp³-hybridized carbons (Fsp3) is 1.00. The van der Waals surface area contributed by atoms with Crippen molar-refractivity contribution in [3.8, 4) is 0 Å². The zero-order valence-corrected chi connectivity index (χ0v) is 10.5. The third-order valence-corrected chi connectivity index (χ3v) is 3.57. The Morgan fingerprint density at radius 2 is 1.71 bits per heavy atom. The molecule has 0 aliphatic heterocycles. The van der Waals surface area contributed by atoms with Crippen molar-refractivity contribution in [2.75, 3.05) is 0 Å².